The first kappa shape index (κ1) is 8.28. The maximum Gasteiger partial charge on any atom is 0.0178 e. The molecule has 2 N–H and O–H groups in total. The molecule has 0 amide bonds. The summed E-state index contributed by atoms with van der Waals surface area (Å²) in [6, 6.07) is 9.33. The van der Waals surface area contributed by atoms with Gasteiger partial charge in [0.2, 0.25) is 0 Å². The maximum absolute atomic E-state index is 5.46. The van der Waals surface area contributed by atoms with Gasteiger partial charge in [-0.3, -0.25) is 0 Å². The molecule has 1 aromatic carbocycles. The molecule has 0 unspecified atom stereocenters. The molecule has 0 saturated carbocycles. The minimum atomic E-state index is 0.557. The molecule has 0 aliphatic carbocycles. The third-order valence-corrected chi connectivity index (χ3v) is 1.76. The summed E-state index contributed by atoms with van der Waals surface area (Å²) in [5.41, 5.74) is 7.86. The van der Waals surface area contributed by atoms with Crippen LogP contribution in [0, 0.1) is 6.07 Å². The summed E-state index contributed by atoms with van der Waals surface area (Å²) in [5, 5.41) is 0. The Kier molecular flexibility index (Phi) is 2.66. The van der Waals surface area contributed by atoms with E-state index in [1.165, 1.54) is 5.56 Å². The zero-order valence-electron chi connectivity index (χ0n) is 7.09. The van der Waals surface area contributed by atoms with Gasteiger partial charge < -0.3 is 5.73 Å². The normalized spacial score (nSPS) is 10.5. The standard InChI is InChI=1S/C10H14N/c1-8(2)10-5-3-9(7-11)4-6-10/h3-5,8H,7,11H2,1-2H3. The van der Waals surface area contributed by atoms with Crippen molar-refractivity contribution in [1.82, 2.24) is 0 Å². The predicted octanol–water partition coefficient (Wildman–Crippen LogP) is 2.07. The van der Waals surface area contributed by atoms with Gasteiger partial charge in [-0.1, -0.05) is 26.0 Å². The molecule has 0 fully saturated rings. The molecule has 1 aromatic rings. The van der Waals surface area contributed by atoms with Crippen molar-refractivity contribution < 1.29 is 0 Å². The first-order valence-corrected chi connectivity index (χ1v) is 3.94. The topological polar surface area (TPSA) is 26.0 Å². The molecular formula is C10H14N. The van der Waals surface area contributed by atoms with Crippen molar-refractivity contribution in [3.05, 3.63) is 35.4 Å². The zero-order chi connectivity index (χ0) is 8.27. The highest BCUT2D eigenvalue weighted by Crippen LogP contribution is 2.13. The van der Waals surface area contributed by atoms with Crippen molar-refractivity contribution in [2.24, 2.45) is 5.73 Å². The fraction of sp³-hybridized carbons (Fsp3) is 0.400. The summed E-state index contributed by atoms with van der Waals surface area (Å²) < 4.78 is 0. The molecule has 0 heterocycles. The molecule has 59 valence electrons. The largest absolute Gasteiger partial charge is 0.326 e. The van der Waals surface area contributed by atoms with Gasteiger partial charge in [0.1, 0.15) is 0 Å². The molecular weight excluding hydrogens is 134 g/mol. The fourth-order valence-electron chi connectivity index (χ4n) is 0.955. The summed E-state index contributed by atoms with van der Waals surface area (Å²) in [6.45, 7) is 4.93. The second-order valence-corrected chi connectivity index (χ2v) is 3.01. The number of nitrogens with two attached hydrogens (primary N) is 1. The molecule has 0 aliphatic rings. The van der Waals surface area contributed by atoms with Crippen molar-refractivity contribution in [3.63, 3.8) is 0 Å². The Labute approximate surface area is 68.2 Å². The zero-order valence-corrected chi connectivity index (χ0v) is 7.09. The van der Waals surface area contributed by atoms with Crippen LogP contribution in [0.4, 0.5) is 0 Å². The molecule has 0 saturated heterocycles. The lowest BCUT2D eigenvalue weighted by atomic mass is 10.0. The van der Waals surface area contributed by atoms with Crippen LogP contribution in [0.5, 0.6) is 0 Å². The van der Waals surface area contributed by atoms with Gasteiger partial charge in [0.05, 0.1) is 0 Å². The first-order valence-electron chi connectivity index (χ1n) is 3.94. The Morgan fingerprint density at radius 2 is 2.18 bits per heavy atom. The van der Waals surface area contributed by atoms with Gasteiger partial charge in [0, 0.05) is 6.54 Å². The van der Waals surface area contributed by atoms with E-state index < -0.39 is 0 Å². The van der Waals surface area contributed by atoms with E-state index in [1.54, 1.807) is 0 Å². The van der Waals surface area contributed by atoms with Gasteiger partial charge in [0.25, 0.3) is 0 Å². The maximum atomic E-state index is 5.46. The van der Waals surface area contributed by atoms with E-state index in [1.807, 2.05) is 6.07 Å². The number of benzene rings is 1. The third kappa shape index (κ3) is 2.05. The fourth-order valence-corrected chi connectivity index (χ4v) is 0.955. The first-order chi connectivity index (χ1) is 5.24. The number of hydrogen-bond donors (Lipinski definition) is 1. The van der Waals surface area contributed by atoms with E-state index in [0.717, 1.165) is 5.56 Å². The van der Waals surface area contributed by atoms with Crippen LogP contribution in [0.25, 0.3) is 0 Å². The van der Waals surface area contributed by atoms with E-state index in [0.29, 0.717) is 12.5 Å². The lowest BCUT2D eigenvalue weighted by Crippen LogP contribution is -1.96. The van der Waals surface area contributed by atoms with Gasteiger partial charge in [-0.2, -0.15) is 0 Å². The second-order valence-electron chi connectivity index (χ2n) is 3.01. The minimum absolute atomic E-state index is 0.557. The molecule has 1 radical (unpaired) electrons. The number of rotatable bonds is 2. The monoisotopic (exact) mass is 148 g/mol. The highest BCUT2D eigenvalue weighted by molar-refractivity contribution is 5.23. The van der Waals surface area contributed by atoms with Gasteiger partial charge in [-0.05, 0) is 29.2 Å². The van der Waals surface area contributed by atoms with Crippen molar-refractivity contribution in [2.45, 2.75) is 26.3 Å². The summed E-state index contributed by atoms with van der Waals surface area (Å²) in [6.07, 6.45) is 0. The Hall–Kier alpha value is -0.820. The summed E-state index contributed by atoms with van der Waals surface area (Å²) in [5.74, 6) is 0.557. The predicted molar refractivity (Wildman–Crippen MR) is 47.3 cm³/mol. The van der Waals surface area contributed by atoms with Crippen molar-refractivity contribution in [2.75, 3.05) is 0 Å². The van der Waals surface area contributed by atoms with Gasteiger partial charge >= 0.3 is 0 Å². The molecule has 0 atom stereocenters. The molecule has 1 nitrogen and oxygen atoms in total. The van der Waals surface area contributed by atoms with E-state index >= 15 is 0 Å². The molecule has 1 rings (SSSR count). The average Bonchev–Trinajstić information content (AvgIpc) is 2.05. The molecule has 0 spiro atoms. The van der Waals surface area contributed by atoms with Crippen LogP contribution in [0.2, 0.25) is 0 Å². The van der Waals surface area contributed by atoms with Crippen LogP contribution in [-0.4, -0.2) is 0 Å². The summed E-state index contributed by atoms with van der Waals surface area (Å²) in [7, 11) is 0. The Morgan fingerprint density at radius 1 is 1.45 bits per heavy atom. The Bertz CT molecular complexity index is 211. The van der Waals surface area contributed by atoms with Crippen LogP contribution in [0.3, 0.4) is 0 Å². The Morgan fingerprint density at radius 3 is 2.55 bits per heavy atom. The molecule has 11 heavy (non-hydrogen) atoms. The third-order valence-electron chi connectivity index (χ3n) is 1.76. The van der Waals surface area contributed by atoms with E-state index in [-0.39, 0.29) is 0 Å². The highest BCUT2D eigenvalue weighted by atomic mass is 14.5. The van der Waals surface area contributed by atoms with Crippen LogP contribution < -0.4 is 5.73 Å². The van der Waals surface area contributed by atoms with Gasteiger partial charge in [-0.25, -0.2) is 0 Å². The molecule has 1 heteroatoms. The molecule has 0 aromatic heterocycles. The highest BCUT2D eigenvalue weighted by Gasteiger charge is 1.97. The molecule has 0 bridgehead atoms. The molecule has 0 aliphatic heterocycles. The van der Waals surface area contributed by atoms with Crippen LogP contribution >= 0.6 is 0 Å². The average molecular weight is 148 g/mol. The minimum Gasteiger partial charge on any atom is -0.326 e. The van der Waals surface area contributed by atoms with Crippen LogP contribution in [0.15, 0.2) is 18.2 Å². The van der Waals surface area contributed by atoms with Crippen molar-refractivity contribution >= 4 is 0 Å². The smallest absolute Gasteiger partial charge is 0.0178 e. The van der Waals surface area contributed by atoms with Gasteiger partial charge in [0.15, 0.2) is 0 Å². The summed E-state index contributed by atoms with van der Waals surface area (Å²) >= 11 is 0. The van der Waals surface area contributed by atoms with Crippen LogP contribution in [0.1, 0.15) is 30.9 Å². The summed E-state index contributed by atoms with van der Waals surface area (Å²) in [4.78, 5) is 0. The van der Waals surface area contributed by atoms with Gasteiger partial charge in [-0.15, -0.1) is 0 Å². The van der Waals surface area contributed by atoms with Crippen LogP contribution in [-0.2, 0) is 6.54 Å². The van der Waals surface area contributed by atoms with E-state index in [2.05, 4.69) is 32.0 Å². The lowest BCUT2D eigenvalue weighted by Gasteiger charge is -2.04. The van der Waals surface area contributed by atoms with Crippen molar-refractivity contribution in [1.29, 1.82) is 0 Å². The Balaban J connectivity index is 2.83. The lowest BCUT2D eigenvalue weighted by molar-refractivity contribution is 0.862. The quantitative estimate of drug-likeness (QED) is 0.682. The SMILES string of the molecule is CC(C)c1[c]cc(CN)cc1. The number of hydrogen-bond acceptors (Lipinski definition) is 1. The van der Waals surface area contributed by atoms with E-state index in [4.69, 9.17) is 5.73 Å². The van der Waals surface area contributed by atoms with Crippen molar-refractivity contribution in [3.8, 4) is 0 Å². The van der Waals surface area contributed by atoms with E-state index in [9.17, 15) is 0 Å². The second kappa shape index (κ2) is 3.54.